The third-order valence-corrected chi connectivity index (χ3v) is 6.02. The maximum absolute atomic E-state index is 12.8. The number of aliphatic carboxylic acids is 1. The topological polar surface area (TPSA) is 73.2 Å². The molecule has 3 rings (SSSR count). The summed E-state index contributed by atoms with van der Waals surface area (Å²) in [6.45, 7) is 6.50. The molecule has 1 N–H and O–H groups in total. The van der Waals surface area contributed by atoms with E-state index < -0.39 is 11.4 Å². The number of amides is 1. The lowest BCUT2D eigenvalue weighted by Crippen LogP contribution is -2.50. The highest BCUT2D eigenvalue weighted by molar-refractivity contribution is 8.16. The molecule has 0 saturated carbocycles. The van der Waals surface area contributed by atoms with Crippen LogP contribution in [0.25, 0.3) is 0 Å². The van der Waals surface area contributed by atoms with Crippen LogP contribution in [0.5, 0.6) is 0 Å². The summed E-state index contributed by atoms with van der Waals surface area (Å²) in [5.41, 5.74) is 1.24. The molecule has 3 aliphatic rings. The molecular formula is C18H25N3O3S. The van der Waals surface area contributed by atoms with Crippen molar-refractivity contribution in [2.45, 2.75) is 39.5 Å². The van der Waals surface area contributed by atoms with E-state index in [9.17, 15) is 14.7 Å². The number of nitrogens with zero attached hydrogens (tertiary/aromatic N) is 3. The number of hydrogen-bond donors (Lipinski definition) is 1. The van der Waals surface area contributed by atoms with E-state index in [0.717, 1.165) is 35.9 Å². The Balaban J connectivity index is 1.67. The predicted octanol–water partition coefficient (Wildman–Crippen LogP) is 2.69. The molecule has 136 valence electrons. The maximum atomic E-state index is 12.8. The fourth-order valence-electron chi connectivity index (χ4n) is 3.55. The third kappa shape index (κ3) is 3.76. The number of thioether (sulfide) groups is 1. The van der Waals surface area contributed by atoms with Crippen LogP contribution in [0.1, 0.15) is 39.5 Å². The van der Waals surface area contributed by atoms with Crippen LogP contribution in [0, 0.1) is 5.41 Å². The van der Waals surface area contributed by atoms with Gasteiger partial charge in [0.05, 0.1) is 18.4 Å². The lowest BCUT2D eigenvalue weighted by atomic mass is 9.76. The molecule has 3 heterocycles. The lowest BCUT2D eigenvalue weighted by Gasteiger charge is -2.40. The highest BCUT2D eigenvalue weighted by Gasteiger charge is 2.43. The monoisotopic (exact) mass is 363 g/mol. The molecule has 3 aliphatic heterocycles. The van der Waals surface area contributed by atoms with Gasteiger partial charge < -0.3 is 14.9 Å². The van der Waals surface area contributed by atoms with E-state index in [1.165, 1.54) is 0 Å². The number of allylic oxidation sites excluding steroid dienone is 2. The number of aliphatic imine (C=N–C) groups is 1. The Morgan fingerprint density at radius 2 is 2.20 bits per heavy atom. The molecule has 0 aromatic rings. The molecule has 25 heavy (non-hydrogen) atoms. The molecule has 7 heteroatoms. The minimum absolute atomic E-state index is 0.0162. The van der Waals surface area contributed by atoms with E-state index in [1.807, 2.05) is 25.3 Å². The number of piperidine rings is 1. The highest BCUT2D eigenvalue weighted by Crippen LogP contribution is 2.36. The average Bonchev–Trinajstić information content (AvgIpc) is 3.18. The van der Waals surface area contributed by atoms with Gasteiger partial charge in [-0.05, 0) is 38.5 Å². The van der Waals surface area contributed by atoms with Crippen molar-refractivity contribution in [2.75, 3.05) is 26.2 Å². The molecule has 1 fully saturated rings. The van der Waals surface area contributed by atoms with Crippen molar-refractivity contribution >= 4 is 28.8 Å². The Bertz CT molecular complexity index is 666. The first-order valence-corrected chi connectivity index (χ1v) is 9.61. The van der Waals surface area contributed by atoms with Crippen LogP contribution in [0.3, 0.4) is 0 Å². The quantitative estimate of drug-likeness (QED) is 0.760. The Morgan fingerprint density at radius 3 is 2.92 bits per heavy atom. The molecule has 1 amide bonds. The smallest absolute Gasteiger partial charge is 0.311 e. The minimum Gasteiger partial charge on any atom is -0.481 e. The molecule has 0 bridgehead atoms. The number of fused-ring (bicyclic) bond motifs is 1. The van der Waals surface area contributed by atoms with Crippen molar-refractivity contribution in [1.29, 1.82) is 0 Å². The maximum Gasteiger partial charge on any atom is 0.311 e. The van der Waals surface area contributed by atoms with E-state index in [0.29, 0.717) is 32.4 Å². The van der Waals surface area contributed by atoms with Crippen molar-refractivity contribution in [2.24, 2.45) is 10.4 Å². The number of likely N-dealkylation sites (tertiary alicyclic amines) is 1. The predicted molar refractivity (Wildman–Crippen MR) is 99.2 cm³/mol. The number of carbonyl (C=O) groups excluding carboxylic acids is 1. The number of rotatable bonds is 5. The van der Waals surface area contributed by atoms with Crippen LogP contribution in [0.2, 0.25) is 0 Å². The Hall–Kier alpha value is -1.76. The summed E-state index contributed by atoms with van der Waals surface area (Å²) < 4.78 is 0. The van der Waals surface area contributed by atoms with Gasteiger partial charge in [0, 0.05) is 25.3 Å². The van der Waals surface area contributed by atoms with Gasteiger partial charge in [-0.15, -0.1) is 0 Å². The molecule has 1 atom stereocenters. The number of carbonyl (C=O) groups is 2. The summed E-state index contributed by atoms with van der Waals surface area (Å²) in [7, 11) is 0. The van der Waals surface area contributed by atoms with Gasteiger partial charge in [0.2, 0.25) is 5.91 Å². The van der Waals surface area contributed by atoms with Crippen LogP contribution in [0.15, 0.2) is 27.7 Å². The van der Waals surface area contributed by atoms with Gasteiger partial charge in [0.1, 0.15) is 0 Å². The van der Waals surface area contributed by atoms with Crippen molar-refractivity contribution in [3.8, 4) is 0 Å². The second-order valence-corrected chi connectivity index (χ2v) is 8.05. The Morgan fingerprint density at radius 1 is 1.40 bits per heavy atom. The van der Waals surface area contributed by atoms with Gasteiger partial charge in [0.15, 0.2) is 5.17 Å². The van der Waals surface area contributed by atoms with Gasteiger partial charge in [-0.3, -0.25) is 14.6 Å². The van der Waals surface area contributed by atoms with Crippen LogP contribution < -0.4 is 0 Å². The number of hydrogen-bond acceptors (Lipinski definition) is 5. The van der Waals surface area contributed by atoms with E-state index in [2.05, 4.69) is 9.89 Å². The van der Waals surface area contributed by atoms with Gasteiger partial charge in [-0.1, -0.05) is 23.4 Å². The molecule has 0 aromatic heterocycles. The highest BCUT2D eigenvalue weighted by atomic mass is 32.2. The van der Waals surface area contributed by atoms with Crippen LogP contribution >= 0.6 is 11.8 Å². The fraction of sp³-hybridized carbons (Fsp3) is 0.611. The largest absolute Gasteiger partial charge is 0.481 e. The first-order chi connectivity index (χ1) is 11.9. The van der Waals surface area contributed by atoms with Crippen molar-refractivity contribution in [3.63, 3.8) is 0 Å². The number of carboxylic acids is 1. The standard InChI is InChI=1S/C18H25N3O3S/c1-13(2)4-6-18(16(23)24)5-3-8-20(12-18)15(22)10-14-11-25-17-19-7-9-21(14)17/h4,11H,3,5-10,12H2,1-2H3,(H,23,24)/t18-/m1/s1. The normalized spacial score (nSPS) is 25.4. The zero-order valence-electron chi connectivity index (χ0n) is 14.8. The van der Waals surface area contributed by atoms with Crippen LogP contribution in [-0.4, -0.2) is 58.1 Å². The first kappa shape index (κ1) is 18.0. The van der Waals surface area contributed by atoms with Crippen LogP contribution in [0.4, 0.5) is 0 Å². The molecule has 0 radical (unpaired) electrons. The van der Waals surface area contributed by atoms with Gasteiger partial charge in [-0.2, -0.15) is 0 Å². The van der Waals surface area contributed by atoms with Crippen molar-refractivity contribution in [3.05, 3.63) is 22.8 Å². The fourth-order valence-corrected chi connectivity index (χ4v) is 4.51. The Labute approximate surface area is 152 Å². The molecular weight excluding hydrogens is 338 g/mol. The lowest BCUT2D eigenvalue weighted by molar-refractivity contribution is -0.154. The second kappa shape index (κ2) is 7.23. The zero-order chi connectivity index (χ0) is 18.0. The summed E-state index contributed by atoms with van der Waals surface area (Å²) in [5.74, 6) is -0.783. The molecule has 6 nitrogen and oxygen atoms in total. The summed E-state index contributed by atoms with van der Waals surface area (Å²) in [6, 6.07) is 0. The first-order valence-electron chi connectivity index (χ1n) is 8.73. The van der Waals surface area contributed by atoms with E-state index >= 15 is 0 Å². The van der Waals surface area contributed by atoms with E-state index in [1.54, 1.807) is 16.7 Å². The van der Waals surface area contributed by atoms with Crippen molar-refractivity contribution in [1.82, 2.24) is 9.80 Å². The summed E-state index contributed by atoms with van der Waals surface area (Å²) >= 11 is 1.57. The zero-order valence-corrected chi connectivity index (χ0v) is 15.6. The average molecular weight is 363 g/mol. The Kier molecular flexibility index (Phi) is 5.22. The molecule has 0 aliphatic carbocycles. The van der Waals surface area contributed by atoms with E-state index in [-0.39, 0.29) is 5.91 Å². The van der Waals surface area contributed by atoms with Gasteiger partial charge in [-0.25, -0.2) is 0 Å². The van der Waals surface area contributed by atoms with E-state index in [4.69, 9.17) is 0 Å². The molecule has 0 spiro atoms. The summed E-state index contributed by atoms with van der Waals surface area (Å²) in [6.07, 6.45) is 4.14. The number of amidine groups is 1. The number of carboxylic acid groups (broad SMARTS) is 1. The van der Waals surface area contributed by atoms with Crippen molar-refractivity contribution < 1.29 is 14.7 Å². The van der Waals surface area contributed by atoms with Crippen LogP contribution in [-0.2, 0) is 9.59 Å². The van der Waals surface area contributed by atoms with Gasteiger partial charge in [0.25, 0.3) is 0 Å². The summed E-state index contributed by atoms with van der Waals surface area (Å²) in [4.78, 5) is 33.0. The SMILES string of the molecule is CC(C)=CC[C@]1(C(=O)O)CCCN(C(=O)CC2=CSC3=NCCN23)C1. The summed E-state index contributed by atoms with van der Waals surface area (Å²) in [5, 5.41) is 12.8. The van der Waals surface area contributed by atoms with Gasteiger partial charge >= 0.3 is 5.97 Å². The second-order valence-electron chi connectivity index (χ2n) is 7.21. The molecule has 0 unspecified atom stereocenters. The molecule has 0 aromatic carbocycles. The third-order valence-electron chi connectivity index (χ3n) is 5.07. The minimum atomic E-state index is -0.857. The molecule has 1 saturated heterocycles.